The molecule has 0 spiro atoms. The van der Waals surface area contributed by atoms with Crippen molar-refractivity contribution in [3.05, 3.63) is 29.0 Å². The number of nitrogens with zero attached hydrogens (tertiary/aromatic N) is 1. The number of alkyl halides is 3. The van der Waals surface area contributed by atoms with Gasteiger partial charge >= 0.3 is 6.18 Å². The molecule has 80 valence electrons. The summed E-state index contributed by atoms with van der Waals surface area (Å²) in [6.07, 6.45) is -4.30. The molecule has 2 nitrogen and oxygen atoms in total. The molecular weight excluding hydrogens is 205 g/mol. The Kier molecular flexibility index (Phi) is 1.99. The predicted octanol–water partition coefficient (Wildman–Crippen LogP) is 3.20. The zero-order valence-corrected chi connectivity index (χ0v) is 8.24. The van der Waals surface area contributed by atoms with E-state index in [-0.39, 0.29) is 0 Å². The molecule has 1 aromatic heterocycles. The van der Waals surface area contributed by atoms with E-state index in [4.69, 9.17) is 0 Å². The normalized spacial score (nSPS) is 12.3. The smallest absolute Gasteiger partial charge is 0.282 e. The van der Waals surface area contributed by atoms with Gasteiger partial charge in [-0.3, -0.25) is 5.10 Å². The highest BCUT2D eigenvalue weighted by Gasteiger charge is 2.31. The van der Waals surface area contributed by atoms with Gasteiger partial charge in [0.2, 0.25) is 0 Å². The highest BCUT2D eigenvalue weighted by atomic mass is 19.4. The van der Waals surface area contributed by atoms with E-state index in [0.29, 0.717) is 22.2 Å². The largest absolute Gasteiger partial charge is 0.416 e. The first kappa shape index (κ1) is 10.0. The molecule has 1 aromatic carbocycles. The summed E-state index contributed by atoms with van der Waals surface area (Å²) in [4.78, 5) is 0. The van der Waals surface area contributed by atoms with Crippen molar-refractivity contribution in [2.24, 2.45) is 0 Å². The fraction of sp³-hybridized carbons (Fsp3) is 0.300. The first-order valence-corrected chi connectivity index (χ1v) is 4.42. The summed E-state index contributed by atoms with van der Waals surface area (Å²) in [7, 11) is 0. The molecule has 2 aromatic rings. The molecule has 0 saturated heterocycles. The summed E-state index contributed by atoms with van der Waals surface area (Å²) in [6.45, 7) is 3.33. The Labute approximate surface area is 84.1 Å². The zero-order valence-electron chi connectivity index (χ0n) is 8.24. The highest BCUT2D eigenvalue weighted by Crippen LogP contribution is 2.33. The standard InChI is InChI=1S/C10H9F3N2/c1-5-3-7(10(11,12)13)4-8-6(2)14-15-9(5)8/h3-4H,1-2H3,(H,14,15). The summed E-state index contributed by atoms with van der Waals surface area (Å²) in [5.74, 6) is 0. The molecule has 0 aliphatic heterocycles. The van der Waals surface area contributed by atoms with Crippen LogP contribution in [-0.4, -0.2) is 10.2 Å². The molecule has 0 aliphatic rings. The van der Waals surface area contributed by atoms with Crippen LogP contribution in [0.5, 0.6) is 0 Å². The van der Waals surface area contributed by atoms with Crippen molar-refractivity contribution in [1.29, 1.82) is 0 Å². The topological polar surface area (TPSA) is 28.7 Å². The van der Waals surface area contributed by atoms with Gasteiger partial charge in [0.25, 0.3) is 0 Å². The minimum Gasteiger partial charge on any atom is -0.282 e. The lowest BCUT2D eigenvalue weighted by molar-refractivity contribution is -0.137. The number of benzene rings is 1. The average Bonchev–Trinajstić information content (AvgIpc) is 2.47. The van der Waals surface area contributed by atoms with Crippen molar-refractivity contribution in [2.75, 3.05) is 0 Å². The summed E-state index contributed by atoms with van der Waals surface area (Å²) in [5, 5.41) is 7.16. The maximum Gasteiger partial charge on any atom is 0.416 e. The van der Waals surface area contributed by atoms with E-state index in [9.17, 15) is 13.2 Å². The predicted molar refractivity (Wildman–Crippen MR) is 50.6 cm³/mol. The second kappa shape index (κ2) is 2.98. The van der Waals surface area contributed by atoms with Gasteiger partial charge in [0, 0.05) is 11.1 Å². The number of rotatable bonds is 0. The van der Waals surface area contributed by atoms with Gasteiger partial charge in [-0.15, -0.1) is 0 Å². The summed E-state index contributed by atoms with van der Waals surface area (Å²) < 4.78 is 37.5. The van der Waals surface area contributed by atoms with Crippen molar-refractivity contribution < 1.29 is 13.2 Å². The minimum atomic E-state index is -4.30. The molecular formula is C10H9F3N2. The van der Waals surface area contributed by atoms with Gasteiger partial charge in [0.15, 0.2) is 0 Å². The summed E-state index contributed by atoms with van der Waals surface area (Å²) in [6, 6.07) is 2.24. The number of aromatic amines is 1. The lowest BCUT2D eigenvalue weighted by Crippen LogP contribution is -2.05. The molecule has 1 N–H and O–H groups in total. The SMILES string of the molecule is Cc1[nH]nc2c(C)cc(C(F)(F)F)cc12. The Morgan fingerprint density at radius 2 is 1.87 bits per heavy atom. The molecule has 2 rings (SSSR count). The van der Waals surface area contributed by atoms with E-state index in [0.717, 1.165) is 12.1 Å². The number of halogens is 3. The van der Waals surface area contributed by atoms with Crippen LogP contribution in [0.3, 0.4) is 0 Å². The van der Waals surface area contributed by atoms with E-state index < -0.39 is 11.7 Å². The van der Waals surface area contributed by atoms with Crippen molar-refractivity contribution in [3.63, 3.8) is 0 Å². The van der Waals surface area contributed by atoms with Crippen LogP contribution in [0, 0.1) is 13.8 Å². The summed E-state index contributed by atoms with van der Waals surface area (Å²) in [5.41, 5.74) is 1.15. The van der Waals surface area contributed by atoms with Gasteiger partial charge < -0.3 is 0 Å². The Balaban J connectivity index is 2.76. The third-order valence-corrected chi connectivity index (χ3v) is 2.37. The van der Waals surface area contributed by atoms with E-state index in [1.165, 1.54) is 0 Å². The van der Waals surface area contributed by atoms with Crippen molar-refractivity contribution in [2.45, 2.75) is 20.0 Å². The van der Waals surface area contributed by atoms with Gasteiger partial charge in [0.05, 0.1) is 11.1 Å². The molecule has 0 atom stereocenters. The molecule has 0 amide bonds. The van der Waals surface area contributed by atoms with Crippen molar-refractivity contribution in [3.8, 4) is 0 Å². The van der Waals surface area contributed by atoms with Crippen molar-refractivity contribution in [1.82, 2.24) is 10.2 Å². The first-order valence-electron chi connectivity index (χ1n) is 4.42. The average molecular weight is 214 g/mol. The van der Waals surface area contributed by atoms with E-state index in [2.05, 4.69) is 10.2 Å². The number of aryl methyl sites for hydroxylation is 2. The molecule has 0 fully saturated rings. The Morgan fingerprint density at radius 1 is 1.20 bits per heavy atom. The Bertz CT molecular complexity index is 511. The number of fused-ring (bicyclic) bond motifs is 1. The fourth-order valence-electron chi connectivity index (χ4n) is 1.58. The highest BCUT2D eigenvalue weighted by molar-refractivity contribution is 5.84. The Morgan fingerprint density at radius 3 is 2.47 bits per heavy atom. The number of hydrogen-bond acceptors (Lipinski definition) is 1. The number of nitrogens with one attached hydrogen (secondary N) is 1. The molecule has 0 bridgehead atoms. The first-order chi connectivity index (χ1) is 6.89. The number of H-pyrrole nitrogens is 1. The van der Waals surface area contributed by atoms with Crippen LogP contribution in [-0.2, 0) is 6.18 Å². The van der Waals surface area contributed by atoms with E-state index >= 15 is 0 Å². The molecule has 1 heterocycles. The van der Waals surface area contributed by atoms with Gasteiger partial charge in [-0.2, -0.15) is 18.3 Å². The van der Waals surface area contributed by atoms with Crippen LogP contribution in [0.25, 0.3) is 10.9 Å². The van der Waals surface area contributed by atoms with Crippen LogP contribution >= 0.6 is 0 Å². The van der Waals surface area contributed by atoms with E-state index in [1.807, 2.05) is 0 Å². The summed E-state index contributed by atoms with van der Waals surface area (Å²) >= 11 is 0. The maximum absolute atomic E-state index is 12.5. The molecule has 5 heteroatoms. The van der Waals surface area contributed by atoms with Crippen LogP contribution in [0.1, 0.15) is 16.8 Å². The molecule has 0 aliphatic carbocycles. The number of aromatic nitrogens is 2. The quantitative estimate of drug-likeness (QED) is 0.716. The zero-order chi connectivity index (χ0) is 11.2. The van der Waals surface area contributed by atoms with E-state index in [1.54, 1.807) is 13.8 Å². The number of hydrogen-bond donors (Lipinski definition) is 1. The molecule has 15 heavy (non-hydrogen) atoms. The van der Waals surface area contributed by atoms with Crippen molar-refractivity contribution >= 4 is 10.9 Å². The van der Waals surface area contributed by atoms with Crippen LogP contribution in [0.2, 0.25) is 0 Å². The van der Waals surface area contributed by atoms with Crippen LogP contribution < -0.4 is 0 Å². The second-order valence-corrected chi connectivity index (χ2v) is 3.54. The van der Waals surface area contributed by atoms with Gasteiger partial charge in [-0.05, 0) is 31.5 Å². The second-order valence-electron chi connectivity index (χ2n) is 3.54. The molecule has 0 unspecified atom stereocenters. The van der Waals surface area contributed by atoms with Crippen LogP contribution in [0.4, 0.5) is 13.2 Å². The molecule has 0 saturated carbocycles. The minimum absolute atomic E-state index is 0.530. The Hall–Kier alpha value is -1.52. The lowest BCUT2D eigenvalue weighted by Gasteiger charge is -2.07. The van der Waals surface area contributed by atoms with Gasteiger partial charge in [-0.25, -0.2) is 0 Å². The lowest BCUT2D eigenvalue weighted by atomic mass is 10.1. The fourth-order valence-corrected chi connectivity index (χ4v) is 1.58. The maximum atomic E-state index is 12.5. The van der Waals surface area contributed by atoms with Gasteiger partial charge in [-0.1, -0.05) is 0 Å². The van der Waals surface area contributed by atoms with Crippen LogP contribution in [0.15, 0.2) is 12.1 Å². The third kappa shape index (κ3) is 1.58. The third-order valence-electron chi connectivity index (χ3n) is 2.37. The monoisotopic (exact) mass is 214 g/mol. The van der Waals surface area contributed by atoms with Gasteiger partial charge in [0.1, 0.15) is 0 Å². The molecule has 0 radical (unpaired) electrons.